The van der Waals surface area contributed by atoms with E-state index in [2.05, 4.69) is 63.5 Å². The molecule has 0 heterocycles. The van der Waals surface area contributed by atoms with Crippen molar-refractivity contribution in [2.45, 2.75) is 232 Å². The lowest BCUT2D eigenvalue weighted by atomic mass is 9.98. The third-order valence-corrected chi connectivity index (χ3v) is 15.5. The number of unbranched alkanes of at least 4 members (excludes halogenated alkanes) is 1. The molecule has 0 aliphatic heterocycles. The number of nitrogens with one attached hydrogen (secondary N) is 11. The number of carboxylic acids is 1. The van der Waals surface area contributed by atoms with Crippen molar-refractivity contribution in [1.82, 2.24) is 58.5 Å². The Kier molecular flexibility index (Phi) is 39.0. The van der Waals surface area contributed by atoms with Gasteiger partial charge in [-0.15, -0.1) is 0 Å². The SMILES string of the molecule is CC[C@H](C)[C@H](N)C(=O)N[C@H](C(=O)N[C@@H](CC(N)=O)C(=O)N[C@@H](CC(C)C)C(=O)N[C@@H](CCCN=C(N)N)C(=O)N[C@H](C(=O)N[C@@H](CC(N)=O)C(=O)N[C@@H](Cc1ccccc1)C(=O)N[C@H](C(=O)N[C@@H](CCCCN)C(=O)N[C@@H](CC(C)C)C(=O)N[C@@H](C)C(=O)O)[C@@H](C)O)C(C)C)[C@@H](C)O. The lowest BCUT2D eigenvalue weighted by molar-refractivity contribution is -0.142. The van der Waals surface area contributed by atoms with Gasteiger partial charge in [0.2, 0.25) is 76.8 Å². The van der Waals surface area contributed by atoms with Crippen molar-refractivity contribution in [3.63, 3.8) is 0 Å². The van der Waals surface area contributed by atoms with Gasteiger partial charge < -0.3 is 108 Å². The van der Waals surface area contributed by atoms with Crippen LogP contribution in [0, 0.1) is 23.7 Å². The Morgan fingerprint density at radius 1 is 0.449 bits per heavy atom. The number of aliphatic hydroxyl groups is 2. The predicted molar refractivity (Wildman–Crippen MR) is 360 cm³/mol. The molecule has 0 aromatic heterocycles. The number of aliphatic carboxylic acids is 1. The Bertz CT molecular complexity index is 2880. The summed E-state index contributed by atoms with van der Waals surface area (Å²) in [5, 5.41) is 58.0. The number of nitrogens with zero attached hydrogens (tertiary/aromatic N) is 1. The third-order valence-electron chi connectivity index (χ3n) is 15.5. The van der Waals surface area contributed by atoms with Gasteiger partial charge >= 0.3 is 5.97 Å². The Morgan fingerprint density at radius 2 is 0.816 bits per heavy atom. The Morgan fingerprint density at radius 3 is 1.23 bits per heavy atom. The smallest absolute Gasteiger partial charge is 0.325 e. The highest BCUT2D eigenvalue weighted by Crippen LogP contribution is 2.15. The normalized spacial score (nSPS) is 15.9. The average Bonchev–Trinajstić information content (AvgIpc) is 0.854. The fourth-order valence-electron chi connectivity index (χ4n) is 9.68. The molecule has 98 heavy (non-hydrogen) atoms. The first-order valence-electron chi connectivity index (χ1n) is 32.8. The third kappa shape index (κ3) is 32.3. The van der Waals surface area contributed by atoms with Crippen molar-refractivity contribution in [3.8, 4) is 0 Å². The molecule has 1 rings (SSSR count). The van der Waals surface area contributed by atoms with Gasteiger partial charge in [0, 0.05) is 13.0 Å². The van der Waals surface area contributed by atoms with Crippen molar-refractivity contribution in [3.05, 3.63) is 35.9 Å². The number of guanidine groups is 1. The van der Waals surface area contributed by atoms with Crippen LogP contribution in [-0.2, 0) is 73.5 Å². The van der Waals surface area contributed by atoms with Crippen molar-refractivity contribution >= 4 is 88.7 Å². The zero-order valence-corrected chi connectivity index (χ0v) is 57.9. The van der Waals surface area contributed by atoms with Gasteiger partial charge in [0.05, 0.1) is 31.1 Å². The van der Waals surface area contributed by atoms with Crippen molar-refractivity contribution in [2.75, 3.05) is 13.1 Å². The summed E-state index contributed by atoms with van der Waals surface area (Å²) in [6.07, 6.45) is -4.33. The minimum Gasteiger partial charge on any atom is -0.480 e. The number of hydrogen-bond acceptors (Lipinski definition) is 19. The first kappa shape index (κ1) is 86.9. The first-order valence-corrected chi connectivity index (χ1v) is 32.8. The second-order valence-electron chi connectivity index (χ2n) is 25.6. The van der Waals surface area contributed by atoms with Crippen molar-refractivity contribution < 1.29 is 82.4 Å². The predicted octanol–water partition coefficient (Wildman–Crippen LogP) is -5.52. The number of amides is 13. The van der Waals surface area contributed by atoms with E-state index in [0.29, 0.717) is 18.4 Å². The fourth-order valence-corrected chi connectivity index (χ4v) is 9.68. The molecule has 0 radical (unpaired) electrons. The van der Waals surface area contributed by atoms with Gasteiger partial charge in [-0.05, 0) is 101 Å². The van der Waals surface area contributed by atoms with E-state index in [0.717, 1.165) is 6.92 Å². The molecule has 0 aliphatic rings. The van der Waals surface area contributed by atoms with Gasteiger partial charge in [-0.2, -0.15) is 0 Å². The lowest BCUT2D eigenvalue weighted by Gasteiger charge is -2.30. The molecule has 35 nitrogen and oxygen atoms in total. The van der Waals surface area contributed by atoms with E-state index in [1.807, 2.05) is 0 Å². The van der Waals surface area contributed by atoms with Crippen LogP contribution < -0.4 is 92.9 Å². The fraction of sp³-hybridized carbons (Fsp3) is 0.667. The maximum Gasteiger partial charge on any atom is 0.325 e. The van der Waals surface area contributed by atoms with Gasteiger partial charge in [-0.1, -0.05) is 92.1 Å². The van der Waals surface area contributed by atoms with E-state index in [9.17, 15) is 82.4 Å². The van der Waals surface area contributed by atoms with Gasteiger partial charge in [0.15, 0.2) is 5.96 Å². The summed E-state index contributed by atoms with van der Waals surface area (Å²) in [5.41, 5.74) is 34.3. The minimum atomic E-state index is -1.87. The molecule has 1 aromatic rings. The van der Waals surface area contributed by atoms with Crippen LogP contribution in [0.3, 0.4) is 0 Å². The van der Waals surface area contributed by atoms with E-state index in [1.165, 1.54) is 27.7 Å². The molecule has 26 N–H and O–H groups in total. The summed E-state index contributed by atoms with van der Waals surface area (Å²) >= 11 is 0. The highest BCUT2D eigenvalue weighted by molar-refractivity contribution is 6.01. The van der Waals surface area contributed by atoms with Crippen LogP contribution in [0.15, 0.2) is 35.3 Å². The van der Waals surface area contributed by atoms with Crippen LogP contribution in [0.2, 0.25) is 0 Å². The highest BCUT2D eigenvalue weighted by Gasteiger charge is 2.39. The standard InChI is InChI=1S/C63H108N18O17/c1-12-33(8)47(67)58(93)81-50(36(11)83)61(96)78-44(29-46(66)85)55(90)75-41(26-31(4)5)54(89)72-39(22-18-24-70-63(68)69)52(87)79-48(32(6)7)59(94)77-43(28-45(65)84)56(91)76-42(27-37-19-14-13-15-20-37)57(92)80-49(35(10)82)60(95)73-38(21-16-17-23-64)51(86)74-40(25-30(2)3)53(88)71-34(9)62(97)98/h13-15,19-20,30-36,38-44,47-50,82-83H,12,16-18,21-29,64,67H2,1-11H3,(H2,65,84)(H2,66,85)(H,71,88)(H,72,89)(H,73,95)(H,74,86)(H,75,90)(H,76,91)(H,77,94)(H,78,96)(H,79,87)(H,80,92)(H,81,93)(H,97,98)(H4,68,69,70)/t33-,34-,35+,36+,38-,39-,40-,41-,42-,43-,44-,47-,48-,49-,50-/m0/s1. The Hall–Kier alpha value is -9.09. The van der Waals surface area contributed by atoms with Crippen LogP contribution in [0.5, 0.6) is 0 Å². The number of nitrogens with two attached hydrogens (primary N) is 6. The topological polar surface area (TPSA) is 600 Å². The van der Waals surface area contributed by atoms with E-state index in [-0.39, 0.29) is 81.7 Å². The van der Waals surface area contributed by atoms with E-state index >= 15 is 0 Å². The van der Waals surface area contributed by atoms with Crippen LogP contribution in [0.4, 0.5) is 0 Å². The van der Waals surface area contributed by atoms with Gasteiger partial charge in [-0.3, -0.25) is 72.1 Å². The van der Waals surface area contributed by atoms with E-state index < -0.39 is 186 Å². The molecular formula is C63H108N18O17. The van der Waals surface area contributed by atoms with Crippen LogP contribution in [0.1, 0.15) is 146 Å². The summed E-state index contributed by atoms with van der Waals surface area (Å²) in [6.45, 7) is 17.1. The molecule has 0 aliphatic carbocycles. The largest absolute Gasteiger partial charge is 0.480 e. The number of benzene rings is 1. The maximum absolute atomic E-state index is 14.5. The number of aliphatic hydroxyl groups excluding tert-OH is 2. The lowest BCUT2D eigenvalue weighted by Crippen LogP contribution is -2.63. The first-order chi connectivity index (χ1) is 45.7. The molecule has 0 bridgehead atoms. The molecule has 552 valence electrons. The van der Waals surface area contributed by atoms with Crippen LogP contribution >= 0.6 is 0 Å². The monoisotopic (exact) mass is 1390 g/mol. The van der Waals surface area contributed by atoms with Gasteiger partial charge in [-0.25, -0.2) is 0 Å². The zero-order chi connectivity index (χ0) is 74.8. The van der Waals surface area contributed by atoms with Crippen LogP contribution in [0.25, 0.3) is 0 Å². The minimum absolute atomic E-state index is 0.0264. The quantitative estimate of drug-likeness (QED) is 0.0164. The van der Waals surface area contributed by atoms with E-state index in [4.69, 9.17) is 34.4 Å². The molecule has 35 heteroatoms. The molecule has 0 saturated carbocycles. The van der Waals surface area contributed by atoms with Crippen LogP contribution in [-0.4, -0.2) is 202 Å². The number of carbonyl (C=O) groups is 14. The Labute approximate surface area is 571 Å². The highest BCUT2D eigenvalue weighted by atomic mass is 16.4. The summed E-state index contributed by atoms with van der Waals surface area (Å²) in [7, 11) is 0. The summed E-state index contributed by atoms with van der Waals surface area (Å²) < 4.78 is 0. The summed E-state index contributed by atoms with van der Waals surface area (Å²) in [5.74, 6) is -16.6. The molecule has 0 saturated heterocycles. The number of aliphatic imine (C=N–C) groups is 1. The molecule has 13 amide bonds. The summed E-state index contributed by atoms with van der Waals surface area (Å²) in [4.78, 5) is 194. The number of rotatable bonds is 46. The second-order valence-corrected chi connectivity index (χ2v) is 25.6. The van der Waals surface area contributed by atoms with Crippen molar-refractivity contribution in [1.29, 1.82) is 0 Å². The second kappa shape index (κ2) is 44.0. The zero-order valence-electron chi connectivity index (χ0n) is 57.9. The Balaban J connectivity index is 3.72. The van der Waals surface area contributed by atoms with Gasteiger partial charge in [0.25, 0.3) is 0 Å². The molecule has 1 aromatic carbocycles. The van der Waals surface area contributed by atoms with E-state index in [1.54, 1.807) is 71.9 Å². The number of hydrogen-bond donors (Lipinski definition) is 20. The van der Waals surface area contributed by atoms with Gasteiger partial charge in [0.1, 0.15) is 66.5 Å². The molecular weight excluding hydrogens is 1280 g/mol. The molecule has 15 atom stereocenters. The number of primary amides is 2. The number of carboxylic acid groups (broad SMARTS) is 1. The van der Waals surface area contributed by atoms with Crippen molar-refractivity contribution in [2.24, 2.45) is 63.1 Å². The molecule has 0 fully saturated rings. The molecule has 0 unspecified atom stereocenters. The summed E-state index contributed by atoms with van der Waals surface area (Å²) in [6, 6.07) is -10.4. The average molecular weight is 1390 g/mol. The number of carbonyl (C=O) groups excluding carboxylic acids is 13. The maximum atomic E-state index is 14.5. The molecule has 0 spiro atoms.